The molecule has 1 unspecified atom stereocenters. The highest BCUT2D eigenvalue weighted by molar-refractivity contribution is 5.12. The first-order valence-electron chi connectivity index (χ1n) is 4.05. The monoisotopic (exact) mass is 163 g/mol. The fraction of sp³-hybridized carbons (Fsp3) is 0.400. The van der Waals surface area contributed by atoms with Gasteiger partial charge in [0.05, 0.1) is 6.04 Å². The summed E-state index contributed by atoms with van der Waals surface area (Å²) >= 11 is 0. The molecule has 0 saturated carbocycles. The number of hydrogen-bond donors (Lipinski definition) is 1. The lowest BCUT2D eigenvalue weighted by atomic mass is 10.2. The van der Waals surface area contributed by atoms with E-state index in [4.69, 9.17) is 16.6 Å². The van der Waals surface area contributed by atoms with Crippen molar-refractivity contribution in [3.8, 4) is 12.3 Å². The Morgan fingerprint density at radius 1 is 1.67 bits per heavy atom. The molecule has 0 aliphatic heterocycles. The van der Waals surface area contributed by atoms with Crippen molar-refractivity contribution in [2.24, 2.45) is 5.73 Å². The first-order valence-corrected chi connectivity index (χ1v) is 4.05. The van der Waals surface area contributed by atoms with Crippen molar-refractivity contribution >= 4 is 0 Å². The van der Waals surface area contributed by atoms with Gasteiger partial charge < -0.3 is 10.2 Å². The Labute approximate surface area is 72.8 Å². The summed E-state index contributed by atoms with van der Waals surface area (Å²) in [6.07, 6.45) is 6.55. The Morgan fingerprint density at radius 2 is 2.42 bits per heavy atom. The Morgan fingerprint density at radius 3 is 2.92 bits per heavy atom. The third-order valence-electron chi connectivity index (χ3n) is 1.73. The first kappa shape index (κ1) is 8.89. The second-order valence-corrected chi connectivity index (χ2v) is 2.67. The predicted octanol–water partition coefficient (Wildman–Crippen LogP) is 1.87. The number of furan rings is 1. The van der Waals surface area contributed by atoms with Gasteiger partial charge in [0.15, 0.2) is 0 Å². The van der Waals surface area contributed by atoms with Gasteiger partial charge in [-0.1, -0.05) is 6.92 Å². The molecule has 0 spiro atoms. The molecule has 1 heterocycles. The van der Waals surface area contributed by atoms with Gasteiger partial charge in [-0.25, -0.2) is 0 Å². The summed E-state index contributed by atoms with van der Waals surface area (Å²) in [7, 11) is 0. The van der Waals surface area contributed by atoms with E-state index >= 15 is 0 Å². The molecule has 1 aromatic heterocycles. The smallest absolute Gasteiger partial charge is 0.121 e. The molecule has 64 valence electrons. The standard InChI is InChI=1S/C10H13NO/c1-3-5-9(11)10-7-6-8(4-2)12-10/h1,6-7,9H,4-5,11H2,2H3. The Bertz CT molecular complexity index is 282. The fourth-order valence-electron chi connectivity index (χ4n) is 1.01. The molecule has 12 heavy (non-hydrogen) atoms. The first-order chi connectivity index (χ1) is 5.77. The summed E-state index contributed by atoms with van der Waals surface area (Å²) in [4.78, 5) is 0. The summed E-state index contributed by atoms with van der Waals surface area (Å²) in [6.45, 7) is 2.04. The molecular weight excluding hydrogens is 150 g/mol. The normalized spacial score (nSPS) is 12.4. The SMILES string of the molecule is C#CCC(N)c1ccc(CC)o1. The Hall–Kier alpha value is -1.20. The summed E-state index contributed by atoms with van der Waals surface area (Å²) < 4.78 is 5.43. The summed E-state index contributed by atoms with van der Waals surface area (Å²) in [5.74, 6) is 4.25. The summed E-state index contributed by atoms with van der Waals surface area (Å²) in [5.41, 5.74) is 5.74. The van der Waals surface area contributed by atoms with Crippen LogP contribution in [0.1, 0.15) is 30.9 Å². The molecule has 1 atom stereocenters. The minimum atomic E-state index is -0.157. The van der Waals surface area contributed by atoms with E-state index in [2.05, 4.69) is 5.92 Å². The van der Waals surface area contributed by atoms with E-state index in [1.54, 1.807) is 0 Å². The lowest BCUT2D eigenvalue weighted by molar-refractivity contribution is 0.438. The largest absolute Gasteiger partial charge is 0.464 e. The van der Waals surface area contributed by atoms with Crippen LogP contribution in [0.15, 0.2) is 16.5 Å². The van der Waals surface area contributed by atoms with E-state index in [0.717, 1.165) is 17.9 Å². The van der Waals surface area contributed by atoms with Crippen LogP contribution in [-0.4, -0.2) is 0 Å². The van der Waals surface area contributed by atoms with Gasteiger partial charge >= 0.3 is 0 Å². The van der Waals surface area contributed by atoms with Gasteiger partial charge in [-0.3, -0.25) is 0 Å². The second kappa shape index (κ2) is 3.99. The summed E-state index contributed by atoms with van der Waals surface area (Å²) in [6, 6.07) is 3.67. The van der Waals surface area contributed by atoms with Gasteiger partial charge in [-0.2, -0.15) is 0 Å². The molecule has 0 saturated heterocycles. The van der Waals surface area contributed by atoms with Crippen LogP contribution in [0.25, 0.3) is 0 Å². The van der Waals surface area contributed by atoms with Crippen molar-refractivity contribution in [3.05, 3.63) is 23.7 Å². The number of rotatable bonds is 3. The Kier molecular flexibility index (Phi) is 2.95. The average molecular weight is 163 g/mol. The van der Waals surface area contributed by atoms with E-state index in [9.17, 15) is 0 Å². The van der Waals surface area contributed by atoms with Crippen LogP contribution in [0, 0.1) is 12.3 Å². The number of aryl methyl sites for hydroxylation is 1. The molecular formula is C10H13NO. The topological polar surface area (TPSA) is 39.2 Å². The molecule has 1 aromatic rings. The van der Waals surface area contributed by atoms with E-state index in [0.29, 0.717) is 6.42 Å². The average Bonchev–Trinajstić information content (AvgIpc) is 2.52. The van der Waals surface area contributed by atoms with Crippen LogP contribution >= 0.6 is 0 Å². The third kappa shape index (κ3) is 1.90. The maximum absolute atomic E-state index is 5.74. The van der Waals surface area contributed by atoms with Crippen LogP contribution in [0.5, 0.6) is 0 Å². The zero-order valence-electron chi connectivity index (χ0n) is 7.21. The highest BCUT2D eigenvalue weighted by atomic mass is 16.3. The van der Waals surface area contributed by atoms with E-state index in [1.165, 1.54) is 0 Å². The molecule has 0 amide bonds. The predicted molar refractivity (Wildman–Crippen MR) is 48.5 cm³/mol. The highest BCUT2D eigenvalue weighted by Crippen LogP contribution is 2.16. The van der Waals surface area contributed by atoms with E-state index < -0.39 is 0 Å². The maximum Gasteiger partial charge on any atom is 0.121 e. The van der Waals surface area contributed by atoms with Crippen LogP contribution < -0.4 is 5.73 Å². The van der Waals surface area contributed by atoms with Gasteiger partial charge in [-0.05, 0) is 12.1 Å². The van der Waals surface area contributed by atoms with E-state index in [1.807, 2.05) is 19.1 Å². The van der Waals surface area contributed by atoms with E-state index in [-0.39, 0.29) is 6.04 Å². The van der Waals surface area contributed by atoms with Crippen molar-refractivity contribution < 1.29 is 4.42 Å². The second-order valence-electron chi connectivity index (χ2n) is 2.67. The van der Waals surface area contributed by atoms with Crippen molar-refractivity contribution in [3.63, 3.8) is 0 Å². The fourth-order valence-corrected chi connectivity index (χ4v) is 1.01. The zero-order valence-corrected chi connectivity index (χ0v) is 7.21. The molecule has 0 fully saturated rings. The van der Waals surface area contributed by atoms with Crippen molar-refractivity contribution in [2.45, 2.75) is 25.8 Å². The van der Waals surface area contributed by atoms with Gasteiger partial charge in [-0.15, -0.1) is 12.3 Å². The van der Waals surface area contributed by atoms with Crippen molar-refractivity contribution in [1.82, 2.24) is 0 Å². The molecule has 0 aromatic carbocycles. The third-order valence-corrected chi connectivity index (χ3v) is 1.73. The lowest BCUT2D eigenvalue weighted by Gasteiger charge is -2.02. The summed E-state index contributed by atoms with van der Waals surface area (Å²) in [5, 5.41) is 0. The molecule has 2 N–H and O–H groups in total. The Balaban J connectivity index is 2.69. The van der Waals surface area contributed by atoms with Crippen molar-refractivity contribution in [2.75, 3.05) is 0 Å². The zero-order chi connectivity index (χ0) is 8.97. The quantitative estimate of drug-likeness (QED) is 0.691. The van der Waals surface area contributed by atoms with Crippen LogP contribution in [0.4, 0.5) is 0 Å². The molecule has 0 aliphatic carbocycles. The van der Waals surface area contributed by atoms with Gasteiger partial charge in [0.1, 0.15) is 11.5 Å². The molecule has 2 heteroatoms. The molecule has 0 radical (unpaired) electrons. The number of hydrogen-bond acceptors (Lipinski definition) is 2. The number of nitrogens with two attached hydrogens (primary N) is 1. The van der Waals surface area contributed by atoms with Crippen molar-refractivity contribution in [1.29, 1.82) is 0 Å². The minimum Gasteiger partial charge on any atom is -0.464 e. The molecule has 1 rings (SSSR count). The van der Waals surface area contributed by atoms with Gasteiger partial charge in [0.25, 0.3) is 0 Å². The van der Waals surface area contributed by atoms with Gasteiger partial charge in [0, 0.05) is 12.8 Å². The van der Waals surface area contributed by atoms with Crippen LogP contribution in [-0.2, 0) is 6.42 Å². The van der Waals surface area contributed by atoms with Crippen LogP contribution in [0.2, 0.25) is 0 Å². The number of terminal acetylenes is 1. The maximum atomic E-state index is 5.74. The lowest BCUT2D eigenvalue weighted by Crippen LogP contribution is -2.07. The van der Waals surface area contributed by atoms with Crippen LogP contribution in [0.3, 0.4) is 0 Å². The molecule has 0 aliphatic rings. The van der Waals surface area contributed by atoms with Gasteiger partial charge in [0.2, 0.25) is 0 Å². The minimum absolute atomic E-state index is 0.157. The molecule has 0 bridgehead atoms. The highest BCUT2D eigenvalue weighted by Gasteiger charge is 2.08. The molecule has 2 nitrogen and oxygen atoms in total.